The van der Waals surface area contributed by atoms with E-state index in [1.54, 1.807) is 0 Å². The second-order valence-electron chi connectivity index (χ2n) is 4.92. The van der Waals surface area contributed by atoms with Crippen LogP contribution in [-0.4, -0.2) is 34.7 Å². The molecule has 3 rings (SSSR count). The molecule has 0 bridgehead atoms. The zero-order valence-corrected chi connectivity index (χ0v) is 11.3. The summed E-state index contributed by atoms with van der Waals surface area (Å²) in [6, 6.07) is 10.3. The van der Waals surface area contributed by atoms with Crippen LogP contribution >= 0.6 is 12.2 Å². The minimum Gasteiger partial charge on any atom is -0.301 e. The van der Waals surface area contributed by atoms with Gasteiger partial charge in [0.25, 0.3) is 0 Å². The second-order valence-corrected chi connectivity index (χ2v) is 5.31. The van der Waals surface area contributed by atoms with Crippen LogP contribution in [0.5, 0.6) is 0 Å². The Balaban J connectivity index is 1.71. The Morgan fingerprint density at radius 1 is 1.37 bits per heavy atom. The number of aliphatic imine (C=N–C) groups is 1. The van der Waals surface area contributed by atoms with Crippen LogP contribution in [0.25, 0.3) is 0 Å². The van der Waals surface area contributed by atoms with Gasteiger partial charge in [-0.25, -0.2) is 4.99 Å². The van der Waals surface area contributed by atoms with Gasteiger partial charge < -0.3 is 5.32 Å². The highest BCUT2D eigenvalue weighted by Crippen LogP contribution is 2.19. The predicted molar refractivity (Wildman–Crippen MR) is 78.0 cm³/mol. The number of hydrogen-bond donors (Lipinski definition) is 1. The Kier molecular flexibility index (Phi) is 3.40. The van der Waals surface area contributed by atoms with Crippen molar-refractivity contribution in [2.75, 3.05) is 13.1 Å². The van der Waals surface area contributed by atoms with Crippen LogP contribution in [0.4, 0.5) is 0 Å². The van der Waals surface area contributed by atoms with Crippen molar-refractivity contribution < 1.29 is 4.79 Å². The van der Waals surface area contributed by atoms with Crippen LogP contribution < -0.4 is 5.32 Å². The molecule has 0 aliphatic carbocycles. The van der Waals surface area contributed by atoms with Crippen molar-refractivity contribution in [3.8, 4) is 0 Å². The lowest BCUT2D eigenvalue weighted by Gasteiger charge is -2.34. The average Bonchev–Trinajstić information content (AvgIpc) is 2.40. The maximum Gasteiger partial charge on any atom is 0.236 e. The molecule has 2 aliphatic heterocycles. The minimum absolute atomic E-state index is 0.00670. The molecule has 19 heavy (non-hydrogen) atoms. The van der Waals surface area contributed by atoms with Gasteiger partial charge in [0, 0.05) is 25.3 Å². The Bertz CT molecular complexity index is 541. The van der Waals surface area contributed by atoms with Crippen molar-refractivity contribution in [1.82, 2.24) is 10.2 Å². The first kappa shape index (κ1) is 12.4. The Morgan fingerprint density at radius 2 is 2.16 bits per heavy atom. The lowest BCUT2D eigenvalue weighted by Crippen LogP contribution is -2.51. The Hall–Kier alpha value is -1.59. The fourth-order valence-electron chi connectivity index (χ4n) is 2.61. The molecular formula is C14H15N3OS. The van der Waals surface area contributed by atoms with Gasteiger partial charge in [-0.15, -0.1) is 0 Å². The van der Waals surface area contributed by atoms with Crippen molar-refractivity contribution >= 4 is 28.9 Å². The zero-order valence-electron chi connectivity index (χ0n) is 10.5. The summed E-state index contributed by atoms with van der Waals surface area (Å²) in [4.78, 5) is 18.5. The number of nitrogens with one attached hydrogen (secondary N) is 1. The van der Waals surface area contributed by atoms with Gasteiger partial charge in [-0.3, -0.25) is 9.69 Å². The highest BCUT2D eigenvalue weighted by Gasteiger charge is 2.34. The first-order valence-corrected chi connectivity index (χ1v) is 6.82. The largest absolute Gasteiger partial charge is 0.301 e. The van der Waals surface area contributed by atoms with Crippen LogP contribution in [0.15, 0.2) is 35.3 Å². The molecule has 0 aromatic heterocycles. The van der Waals surface area contributed by atoms with E-state index in [1.165, 1.54) is 5.56 Å². The molecule has 1 N–H and O–H groups in total. The molecule has 2 heterocycles. The third-order valence-electron chi connectivity index (χ3n) is 3.57. The number of carbonyl (C=O) groups excluding carboxylic acids is 1. The van der Waals surface area contributed by atoms with E-state index in [9.17, 15) is 4.79 Å². The lowest BCUT2D eigenvalue weighted by molar-refractivity contribution is -0.122. The van der Waals surface area contributed by atoms with Gasteiger partial charge in [-0.2, -0.15) is 0 Å². The third-order valence-corrected chi connectivity index (χ3v) is 3.76. The standard InChI is InChI=1S/C14H15N3OS/c18-13-11-9-17(8-10-4-2-1-3-5-10)7-6-12(11)15-14(19)16-13/h1-5,11H,6-9H2,(H,16,18,19). The van der Waals surface area contributed by atoms with E-state index < -0.39 is 0 Å². The van der Waals surface area contributed by atoms with Crippen LogP contribution in [0, 0.1) is 5.92 Å². The summed E-state index contributed by atoms with van der Waals surface area (Å²) in [7, 11) is 0. The van der Waals surface area contributed by atoms with Crippen LogP contribution in [0.1, 0.15) is 12.0 Å². The number of hydrogen-bond acceptors (Lipinski definition) is 3. The first-order chi connectivity index (χ1) is 9.22. The Morgan fingerprint density at radius 3 is 2.95 bits per heavy atom. The van der Waals surface area contributed by atoms with Crippen molar-refractivity contribution in [2.24, 2.45) is 10.9 Å². The minimum atomic E-state index is -0.135. The number of rotatable bonds is 2. The van der Waals surface area contributed by atoms with Crippen LogP contribution in [0.2, 0.25) is 0 Å². The molecule has 4 nitrogen and oxygen atoms in total. The molecule has 1 saturated heterocycles. The maximum atomic E-state index is 11.9. The molecule has 5 heteroatoms. The average molecular weight is 273 g/mol. The molecule has 1 fully saturated rings. The van der Waals surface area contributed by atoms with E-state index in [1.807, 2.05) is 18.2 Å². The van der Waals surface area contributed by atoms with Gasteiger partial charge in [0.1, 0.15) is 0 Å². The molecule has 0 saturated carbocycles. The summed E-state index contributed by atoms with van der Waals surface area (Å²) in [5.41, 5.74) is 2.22. The fourth-order valence-corrected chi connectivity index (χ4v) is 2.82. The molecule has 1 unspecified atom stereocenters. The molecular weight excluding hydrogens is 258 g/mol. The molecule has 1 aromatic carbocycles. The third kappa shape index (κ3) is 2.72. The molecule has 1 amide bonds. The van der Waals surface area contributed by atoms with Gasteiger partial charge in [0.05, 0.1) is 5.92 Å². The second kappa shape index (κ2) is 5.19. The molecule has 1 atom stereocenters. The predicted octanol–water partition coefficient (Wildman–Crippen LogP) is 1.36. The number of fused-ring (bicyclic) bond motifs is 1. The van der Waals surface area contributed by atoms with E-state index in [4.69, 9.17) is 12.2 Å². The van der Waals surface area contributed by atoms with E-state index in [-0.39, 0.29) is 11.8 Å². The number of carbonyl (C=O) groups is 1. The van der Waals surface area contributed by atoms with Gasteiger partial charge in [-0.05, 0) is 24.2 Å². The molecule has 98 valence electrons. The van der Waals surface area contributed by atoms with E-state index in [0.29, 0.717) is 5.11 Å². The van der Waals surface area contributed by atoms with Crippen molar-refractivity contribution in [3.05, 3.63) is 35.9 Å². The highest BCUT2D eigenvalue weighted by molar-refractivity contribution is 7.80. The summed E-state index contributed by atoms with van der Waals surface area (Å²) in [6.07, 6.45) is 0.824. The van der Waals surface area contributed by atoms with Crippen LogP contribution in [-0.2, 0) is 11.3 Å². The molecule has 2 aliphatic rings. The van der Waals surface area contributed by atoms with E-state index in [0.717, 1.165) is 31.8 Å². The monoisotopic (exact) mass is 273 g/mol. The highest BCUT2D eigenvalue weighted by atomic mass is 32.1. The van der Waals surface area contributed by atoms with Gasteiger partial charge in [-0.1, -0.05) is 30.3 Å². The van der Waals surface area contributed by atoms with Crippen molar-refractivity contribution in [1.29, 1.82) is 0 Å². The number of piperidine rings is 1. The zero-order chi connectivity index (χ0) is 13.2. The lowest BCUT2D eigenvalue weighted by atomic mass is 9.93. The summed E-state index contributed by atoms with van der Waals surface area (Å²) >= 11 is 4.95. The summed E-state index contributed by atoms with van der Waals surface area (Å²) in [5, 5.41) is 2.95. The first-order valence-electron chi connectivity index (χ1n) is 6.41. The number of amides is 1. The summed E-state index contributed by atoms with van der Waals surface area (Å²) in [5.74, 6) is -0.142. The van der Waals surface area contributed by atoms with Gasteiger partial charge >= 0.3 is 0 Å². The maximum absolute atomic E-state index is 11.9. The number of likely N-dealkylation sites (tertiary alicyclic amines) is 1. The van der Waals surface area contributed by atoms with Gasteiger partial charge in [0.15, 0.2) is 5.11 Å². The summed E-state index contributed by atoms with van der Waals surface area (Å²) in [6.45, 7) is 2.53. The fraction of sp³-hybridized carbons (Fsp3) is 0.357. The van der Waals surface area contributed by atoms with Gasteiger partial charge in [0.2, 0.25) is 5.91 Å². The summed E-state index contributed by atoms with van der Waals surface area (Å²) < 4.78 is 0. The number of nitrogens with zero attached hydrogens (tertiary/aromatic N) is 2. The van der Waals surface area contributed by atoms with E-state index >= 15 is 0 Å². The van der Waals surface area contributed by atoms with Crippen molar-refractivity contribution in [2.45, 2.75) is 13.0 Å². The molecule has 0 radical (unpaired) electrons. The topological polar surface area (TPSA) is 44.7 Å². The quantitative estimate of drug-likeness (QED) is 0.828. The number of benzene rings is 1. The smallest absolute Gasteiger partial charge is 0.236 e. The van der Waals surface area contributed by atoms with E-state index in [2.05, 4.69) is 27.3 Å². The normalized spacial score (nSPS) is 23.6. The number of thiocarbonyl (C=S) groups is 1. The molecule has 0 spiro atoms. The SMILES string of the molecule is O=C1NC(=S)N=C2CCN(Cc3ccccc3)CC12. The van der Waals surface area contributed by atoms with Crippen LogP contribution in [0.3, 0.4) is 0 Å². The Labute approximate surface area is 117 Å². The molecule has 1 aromatic rings. The van der Waals surface area contributed by atoms with Crippen molar-refractivity contribution in [3.63, 3.8) is 0 Å².